The first kappa shape index (κ1) is 13.0. The third kappa shape index (κ3) is 3.08. The second kappa shape index (κ2) is 5.49. The number of nitrogens with zero attached hydrogens (tertiary/aromatic N) is 2. The molecule has 1 aliphatic rings. The Morgan fingerprint density at radius 3 is 2.61 bits per heavy atom. The fourth-order valence-electron chi connectivity index (χ4n) is 2.07. The maximum atomic E-state index is 12.1. The van der Waals surface area contributed by atoms with Crippen molar-refractivity contribution in [1.82, 2.24) is 9.80 Å². The number of aryl methyl sites for hydroxylation is 1. The van der Waals surface area contributed by atoms with E-state index in [1.54, 1.807) is 6.07 Å². The molecular formula is C12H17N3O2S. The molecule has 0 unspecified atom stereocenters. The number of hydrogen-bond donors (Lipinski definition) is 1. The average molecular weight is 267 g/mol. The van der Waals surface area contributed by atoms with Crippen LogP contribution in [0.3, 0.4) is 0 Å². The fraction of sp³-hybridized carbons (Fsp3) is 0.500. The Bertz CT molecular complexity index is 450. The van der Waals surface area contributed by atoms with Gasteiger partial charge in [0.05, 0.1) is 10.6 Å². The van der Waals surface area contributed by atoms with Crippen LogP contribution >= 0.6 is 12.2 Å². The number of furan rings is 1. The molecule has 1 amide bonds. The summed E-state index contributed by atoms with van der Waals surface area (Å²) in [5.41, 5.74) is 6.13. The Morgan fingerprint density at radius 1 is 1.44 bits per heavy atom. The minimum Gasteiger partial charge on any atom is -0.469 e. The van der Waals surface area contributed by atoms with Crippen molar-refractivity contribution in [2.45, 2.75) is 6.92 Å². The molecule has 0 spiro atoms. The van der Waals surface area contributed by atoms with Crippen LogP contribution in [0, 0.1) is 6.92 Å². The molecule has 1 fully saturated rings. The maximum Gasteiger partial charge on any atom is 0.257 e. The molecule has 1 saturated heterocycles. The maximum absolute atomic E-state index is 12.1. The van der Waals surface area contributed by atoms with E-state index in [0.29, 0.717) is 30.2 Å². The minimum absolute atomic E-state index is 0.0295. The van der Waals surface area contributed by atoms with E-state index in [1.165, 1.54) is 6.26 Å². The number of amides is 1. The van der Waals surface area contributed by atoms with E-state index < -0.39 is 0 Å². The molecule has 1 aliphatic heterocycles. The summed E-state index contributed by atoms with van der Waals surface area (Å²) in [4.78, 5) is 16.6. The van der Waals surface area contributed by atoms with Gasteiger partial charge in [-0.3, -0.25) is 9.69 Å². The third-order valence-corrected chi connectivity index (χ3v) is 3.15. The molecule has 2 N–H and O–H groups in total. The van der Waals surface area contributed by atoms with Gasteiger partial charge in [0.2, 0.25) is 0 Å². The number of hydrogen-bond acceptors (Lipinski definition) is 4. The smallest absolute Gasteiger partial charge is 0.257 e. The predicted octanol–water partition coefficient (Wildman–Crippen LogP) is 0.632. The highest BCUT2D eigenvalue weighted by Crippen LogP contribution is 2.11. The first-order chi connectivity index (χ1) is 8.56. The van der Waals surface area contributed by atoms with Gasteiger partial charge < -0.3 is 15.1 Å². The molecule has 6 heteroatoms. The van der Waals surface area contributed by atoms with Gasteiger partial charge in [0.25, 0.3) is 5.91 Å². The molecule has 2 rings (SSSR count). The van der Waals surface area contributed by atoms with Gasteiger partial charge in [-0.25, -0.2) is 0 Å². The van der Waals surface area contributed by atoms with Crippen molar-refractivity contribution in [3.05, 3.63) is 23.7 Å². The lowest BCUT2D eigenvalue weighted by atomic mass is 10.2. The van der Waals surface area contributed by atoms with Crippen LogP contribution < -0.4 is 5.73 Å². The fourth-order valence-corrected chi connectivity index (χ4v) is 2.25. The lowest BCUT2D eigenvalue weighted by Gasteiger charge is -2.34. The van der Waals surface area contributed by atoms with E-state index in [9.17, 15) is 4.79 Å². The lowest BCUT2D eigenvalue weighted by Crippen LogP contribution is -2.50. The van der Waals surface area contributed by atoms with Gasteiger partial charge in [0.15, 0.2) is 0 Å². The van der Waals surface area contributed by atoms with Gasteiger partial charge in [-0.2, -0.15) is 0 Å². The third-order valence-electron chi connectivity index (χ3n) is 3.02. The molecule has 0 bridgehead atoms. The van der Waals surface area contributed by atoms with E-state index >= 15 is 0 Å². The van der Waals surface area contributed by atoms with E-state index in [-0.39, 0.29) is 5.91 Å². The number of thiocarbonyl (C=S) groups is 1. The molecule has 0 aromatic carbocycles. The highest BCUT2D eigenvalue weighted by molar-refractivity contribution is 7.80. The number of carbonyl (C=O) groups excluding carboxylic acids is 1. The van der Waals surface area contributed by atoms with Crippen LogP contribution in [0.5, 0.6) is 0 Å². The van der Waals surface area contributed by atoms with Crippen molar-refractivity contribution < 1.29 is 9.21 Å². The second-order valence-corrected chi connectivity index (χ2v) is 5.01. The van der Waals surface area contributed by atoms with Gasteiger partial charge in [-0.15, -0.1) is 0 Å². The monoisotopic (exact) mass is 267 g/mol. The molecule has 1 aromatic heterocycles. The summed E-state index contributed by atoms with van der Waals surface area (Å²) in [5, 5.41) is 0. The minimum atomic E-state index is 0.0295. The molecule has 18 heavy (non-hydrogen) atoms. The first-order valence-corrected chi connectivity index (χ1v) is 6.32. The van der Waals surface area contributed by atoms with Crippen molar-refractivity contribution >= 4 is 23.1 Å². The molecule has 0 saturated carbocycles. The van der Waals surface area contributed by atoms with Crippen LogP contribution in [0.2, 0.25) is 0 Å². The van der Waals surface area contributed by atoms with E-state index in [1.807, 2.05) is 11.8 Å². The Labute approximate surface area is 112 Å². The zero-order valence-electron chi connectivity index (χ0n) is 10.4. The van der Waals surface area contributed by atoms with Gasteiger partial charge in [-0.05, 0) is 13.0 Å². The Hall–Kier alpha value is -1.40. The van der Waals surface area contributed by atoms with Gasteiger partial charge in [0.1, 0.15) is 12.0 Å². The predicted molar refractivity (Wildman–Crippen MR) is 72.6 cm³/mol. The van der Waals surface area contributed by atoms with E-state index in [2.05, 4.69) is 4.90 Å². The van der Waals surface area contributed by atoms with E-state index in [4.69, 9.17) is 22.4 Å². The van der Waals surface area contributed by atoms with Crippen molar-refractivity contribution in [3.8, 4) is 0 Å². The Morgan fingerprint density at radius 2 is 2.11 bits per heavy atom. The molecular weight excluding hydrogens is 250 g/mol. The highest BCUT2D eigenvalue weighted by Gasteiger charge is 2.23. The largest absolute Gasteiger partial charge is 0.469 e. The molecule has 0 aliphatic carbocycles. The first-order valence-electron chi connectivity index (χ1n) is 5.91. The Kier molecular flexibility index (Phi) is 3.98. The number of carbonyl (C=O) groups is 1. The quantitative estimate of drug-likeness (QED) is 0.814. The van der Waals surface area contributed by atoms with Crippen molar-refractivity contribution in [2.24, 2.45) is 5.73 Å². The summed E-state index contributed by atoms with van der Waals surface area (Å²) in [5.74, 6) is 0.785. The zero-order chi connectivity index (χ0) is 13.1. The molecule has 0 atom stereocenters. The number of piperazine rings is 1. The van der Waals surface area contributed by atoms with E-state index in [0.717, 1.165) is 18.8 Å². The molecule has 5 nitrogen and oxygen atoms in total. The zero-order valence-corrected chi connectivity index (χ0v) is 11.2. The van der Waals surface area contributed by atoms with Crippen LogP contribution in [0.15, 0.2) is 16.7 Å². The summed E-state index contributed by atoms with van der Waals surface area (Å²) in [6, 6.07) is 1.77. The highest BCUT2D eigenvalue weighted by atomic mass is 32.1. The van der Waals surface area contributed by atoms with Crippen LogP contribution in [0.25, 0.3) is 0 Å². The van der Waals surface area contributed by atoms with Crippen molar-refractivity contribution in [2.75, 3.05) is 32.7 Å². The SMILES string of the molecule is Cc1cc(C(=O)N2CCN(CC(N)=S)CC2)co1. The normalized spacial score (nSPS) is 16.8. The average Bonchev–Trinajstić information content (AvgIpc) is 2.75. The molecule has 2 heterocycles. The van der Waals surface area contributed by atoms with Crippen LogP contribution in [-0.4, -0.2) is 53.4 Å². The van der Waals surface area contributed by atoms with Crippen molar-refractivity contribution in [1.29, 1.82) is 0 Å². The number of rotatable bonds is 3. The van der Waals surface area contributed by atoms with Crippen molar-refractivity contribution in [3.63, 3.8) is 0 Å². The summed E-state index contributed by atoms with van der Waals surface area (Å²) >= 11 is 4.88. The summed E-state index contributed by atoms with van der Waals surface area (Å²) in [7, 11) is 0. The summed E-state index contributed by atoms with van der Waals surface area (Å²) in [6.07, 6.45) is 1.51. The topological polar surface area (TPSA) is 62.7 Å². The molecule has 0 radical (unpaired) electrons. The molecule has 1 aromatic rings. The van der Waals surface area contributed by atoms with Crippen LogP contribution in [0.4, 0.5) is 0 Å². The lowest BCUT2D eigenvalue weighted by molar-refractivity contribution is 0.0654. The van der Waals surface area contributed by atoms with Gasteiger partial charge in [-0.1, -0.05) is 12.2 Å². The summed E-state index contributed by atoms with van der Waals surface area (Å²) in [6.45, 7) is 5.47. The van der Waals surface area contributed by atoms with Gasteiger partial charge >= 0.3 is 0 Å². The van der Waals surface area contributed by atoms with Crippen LogP contribution in [0.1, 0.15) is 16.1 Å². The van der Waals surface area contributed by atoms with Gasteiger partial charge in [0, 0.05) is 32.7 Å². The standard InChI is InChI=1S/C12H17N3O2S/c1-9-6-10(8-17-9)12(16)15-4-2-14(3-5-15)7-11(13)18/h6,8H,2-5,7H2,1H3,(H2,13,18). The van der Waals surface area contributed by atoms with Crippen LogP contribution in [-0.2, 0) is 0 Å². The Balaban J connectivity index is 1.90. The number of nitrogens with two attached hydrogens (primary N) is 1. The molecule has 98 valence electrons. The summed E-state index contributed by atoms with van der Waals surface area (Å²) < 4.78 is 5.16. The second-order valence-electron chi connectivity index (χ2n) is 4.48.